The number of halogens is 1. The summed E-state index contributed by atoms with van der Waals surface area (Å²) in [5.74, 6) is 1.68. The van der Waals surface area contributed by atoms with Gasteiger partial charge in [0.1, 0.15) is 5.82 Å². The first-order valence-electron chi connectivity index (χ1n) is 9.51. The maximum absolute atomic E-state index is 12.4. The summed E-state index contributed by atoms with van der Waals surface area (Å²) < 4.78 is 16.1. The Labute approximate surface area is 191 Å². The van der Waals surface area contributed by atoms with Gasteiger partial charge in [0, 0.05) is 40.7 Å². The van der Waals surface area contributed by atoms with Gasteiger partial charge in [-0.15, -0.1) is 0 Å². The molecule has 3 aromatic rings. The molecular formula is C23H23ClN4O4. The Balaban J connectivity index is 1.81. The van der Waals surface area contributed by atoms with Crippen molar-refractivity contribution >= 4 is 46.5 Å². The highest BCUT2D eigenvalue weighted by Crippen LogP contribution is 2.40. The minimum absolute atomic E-state index is 0.346. The molecule has 0 unspecified atom stereocenters. The maximum atomic E-state index is 12.4. The van der Waals surface area contributed by atoms with Crippen molar-refractivity contribution in [3.8, 4) is 17.2 Å². The molecule has 0 aliphatic carbocycles. The van der Waals surface area contributed by atoms with Gasteiger partial charge in [0.15, 0.2) is 11.5 Å². The summed E-state index contributed by atoms with van der Waals surface area (Å²) in [6.07, 6.45) is 4.69. The molecule has 9 heteroatoms. The fourth-order valence-corrected chi connectivity index (χ4v) is 3.11. The van der Waals surface area contributed by atoms with Crippen molar-refractivity contribution in [1.82, 2.24) is 4.98 Å². The number of benzene rings is 2. The Morgan fingerprint density at radius 3 is 2.41 bits per heavy atom. The molecule has 0 saturated carbocycles. The lowest BCUT2D eigenvalue weighted by Crippen LogP contribution is -2.09. The highest BCUT2D eigenvalue weighted by Gasteiger charge is 2.14. The third-order valence-electron chi connectivity index (χ3n) is 4.45. The van der Waals surface area contributed by atoms with Crippen molar-refractivity contribution in [2.45, 2.75) is 0 Å². The number of nitrogens with two attached hydrogens (primary N) is 1. The van der Waals surface area contributed by atoms with E-state index in [4.69, 9.17) is 31.5 Å². The average molecular weight is 455 g/mol. The topological polar surface area (TPSA) is 108 Å². The van der Waals surface area contributed by atoms with Crippen molar-refractivity contribution in [3.05, 3.63) is 65.3 Å². The Kier molecular flexibility index (Phi) is 7.41. The van der Waals surface area contributed by atoms with Crippen LogP contribution in [0.2, 0.25) is 5.02 Å². The third-order valence-corrected chi connectivity index (χ3v) is 4.69. The number of anilines is 4. The van der Waals surface area contributed by atoms with Crippen LogP contribution in [0, 0.1) is 0 Å². The van der Waals surface area contributed by atoms with Crippen LogP contribution >= 0.6 is 11.6 Å². The lowest BCUT2D eigenvalue weighted by atomic mass is 10.2. The van der Waals surface area contributed by atoms with Crippen molar-refractivity contribution in [1.29, 1.82) is 0 Å². The first-order chi connectivity index (χ1) is 15.4. The minimum Gasteiger partial charge on any atom is -0.493 e. The van der Waals surface area contributed by atoms with E-state index in [9.17, 15) is 4.79 Å². The Morgan fingerprint density at radius 2 is 1.78 bits per heavy atom. The van der Waals surface area contributed by atoms with Crippen LogP contribution < -0.4 is 30.6 Å². The van der Waals surface area contributed by atoms with E-state index in [1.807, 2.05) is 6.07 Å². The second-order valence-electron chi connectivity index (χ2n) is 6.53. The van der Waals surface area contributed by atoms with E-state index in [0.29, 0.717) is 50.7 Å². The van der Waals surface area contributed by atoms with Crippen molar-refractivity contribution in [2.75, 3.05) is 37.7 Å². The molecule has 0 bridgehead atoms. The standard InChI is InChI=1S/C23H23ClN4O4/c1-30-19-12-16(13-20(31-2)22(19)32-3)27-23-14(5-4-10-26-23)6-9-21(29)28-18-8-7-15(24)11-17(18)25/h4-13H,25H2,1-3H3,(H,26,27)(H,28,29)/b9-6+. The van der Waals surface area contributed by atoms with Gasteiger partial charge in [-0.3, -0.25) is 4.79 Å². The summed E-state index contributed by atoms with van der Waals surface area (Å²) in [6, 6.07) is 12.0. The maximum Gasteiger partial charge on any atom is 0.248 e. The van der Waals surface area contributed by atoms with Crippen LogP contribution in [0.1, 0.15) is 5.56 Å². The number of rotatable bonds is 8. The SMILES string of the molecule is COc1cc(Nc2ncccc2/C=C/C(=O)Nc2ccc(Cl)cc2N)cc(OC)c1OC. The van der Waals surface area contributed by atoms with Crippen LogP contribution in [0.3, 0.4) is 0 Å². The van der Waals surface area contributed by atoms with Crippen LogP contribution in [0.15, 0.2) is 54.7 Å². The number of methoxy groups -OCH3 is 3. The van der Waals surface area contributed by atoms with Gasteiger partial charge in [-0.1, -0.05) is 11.6 Å². The largest absolute Gasteiger partial charge is 0.493 e. The summed E-state index contributed by atoms with van der Waals surface area (Å²) >= 11 is 5.89. The smallest absolute Gasteiger partial charge is 0.248 e. The van der Waals surface area contributed by atoms with Gasteiger partial charge in [0.2, 0.25) is 11.7 Å². The van der Waals surface area contributed by atoms with Crippen LogP contribution in [-0.4, -0.2) is 32.2 Å². The fraction of sp³-hybridized carbons (Fsp3) is 0.130. The van der Waals surface area contributed by atoms with Crippen LogP contribution in [-0.2, 0) is 4.79 Å². The molecule has 4 N–H and O–H groups in total. The normalized spacial score (nSPS) is 10.6. The molecule has 1 heterocycles. The summed E-state index contributed by atoms with van der Waals surface area (Å²) in [6.45, 7) is 0. The minimum atomic E-state index is -0.346. The number of nitrogens with zero attached hydrogens (tertiary/aromatic N) is 1. The molecule has 8 nitrogen and oxygen atoms in total. The molecule has 0 atom stereocenters. The van der Waals surface area contributed by atoms with Crippen molar-refractivity contribution < 1.29 is 19.0 Å². The van der Waals surface area contributed by atoms with E-state index < -0.39 is 0 Å². The number of pyridine rings is 1. The molecule has 32 heavy (non-hydrogen) atoms. The molecule has 0 fully saturated rings. The molecule has 1 aromatic heterocycles. The average Bonchev–Trinajstić information content (AvgIpc) is 2.79. The number of hydrogen-bond acceptors (Lipinski definition) is 7. The van der Waals surface area contributed by atoms with E-state index in [2.05, 4.69) is 15.6 Å². The summed E-state index contributed by atoms with van der Waals surface area (Å²) in [4.78, 5) is 16.7. The Bertz CT molecular complexity index is 1130. The summed E-state index contributed by atoms with van der Waals surface area (Å²) in [5.41, 5.74) is 8.11. The molecule has 2 aromatic carbocycles. The molecule has 1 amide bonds. The Morgan fingerprint density at radius 1 is 1.06 bits per heavy atom. The second-order valence-corrected chi connectivity index (χ2v) is 6.97. The number of hydrogen-bond donors (Lipinski definition) is 3. The number of nitrogens with one attached hydrogen (secondary N) is 2. The molecule has 0 saturated heterocycles. The van der Waals surface area contributed by atoms with Gasteiger partial charge < -0.3 is 30.6 Å². The number of amides is 1. The van der Waals surface area contributed by atoms with Crippen molar-refractivity contribution in [2.24, 2.45) is 0 Å². The predicted octanol–water partition coefficient (Wildman–Crippen LogP) is 4.74. The van der Waals surface area contributed by atoms with Gasteiger partial charge >= 0.3 is 0 Å². The number of carbonyl (C=O) groups is 1. The first-order valence-corrected chi connectivity index (χ1v) is 9.89. The van der Waals surface area contributed by atoms with E-state index in [1.54, 1.807) is 62.9 Å². The number of aromatic nitrogens is 1. The van der Waals surface area contributed by atoms with Crippen LogP contribution in [0.25, 0.3) is 6.08 Å². The zero-order valence-corrected chi connectivity index (χ0v) is 18.6. The number of nitrogen functional groups attached to an aromatic ring is 1. The summed E-state index contributed by atoms with van der Waals surface area (Å²) in [5, 5.41) is 6.43. The molecule has 0 aliphatic heterocycles. The summed E-state index contributed by atoms with van der Waals surface area (Å²) in [7, 11) is 4.63. The lowest BCUT2D eigenvalue weighted by Gasteiger charge is -2.15. The zero-order chi connectivity index (χ0) is 23.1. The predicted molar refractivity (Wildman–Crippen MR) is 127 cm³/mol. The van der Waals surface area contributed by atoms with Crippen LogP contribution in [0.5, 0.6) is 17.2 Å². The molecule has 0 radical (unpaired) electrons. The molecule has 0 aliphatic rings. The van der Waals surface area contributed by atoms with E-state index >= 15 is 0 Å². The lowest BCUT2D eigenvalue weighted by molar-refractivity contribution is -0.111. The molecule has 0 spiro atoms. The van der Waals surface area contributed by atoms with Gasteiger partial charge in [-0.05, 0) is 36.4 Å². The second kappa shape index (κ2) is 10.4. The first kappa shape index (κ1) is 22.8. The van der Waals surface area contributed by atoms with E-state index in [-0.39, 0.29) is 5.91 Å². The van der Waals surface area contributed by atoms with Crippen LogP contribution in [0.4, 0.5) is 22.9 Å². The van der Waals surface area contributed by atoms with Crippen molar-refractivity contribution in [3.63, 3.8) is 0 Å². The van der Waals surface area contributed by atoms with Gasteiger partial charge in [-0.2, -0.15) is 0 Å². The van der Waals surface area contributed by atoms with Gasteiger partial charge in [-0.25, -0.2) is 4.98 Å². The molecule has 166 valence electrons. The molecule has 3 rings (SSSR count). The highest BCUT2D eigenvalue weighted by molar-refractivity contribution is 6.31. The van der Waals surface area contributed by atoms with Gasteiger partial charge in [0.25, 0.3) is 0 Å². The van der Waals surface area contributed by atoms with E-state index in [0.717, 1.165) is 0 Å². The monoisotopic (exact) mass is 454 g/mol. The van der Waals surface area contributed by atoms with E-state index in [1.165, 1.54) is 13.2 Å². The quantitative estimate of drug-likeness (QED) is 0.333. The zero-order valence-electron chi connectivity index (χ0n) is 17.8. The fourth-order valence-electron chi connectivity index (χ4n) is 2.93. The number of ether oxygens (including phenoxy) is 3. The number of carbonyl (C=O) groups excluding carboxylic acids is 1. The molecular weight excluding hydrogens is 432 g/mol. The highest BCUT2D eigenvalue weighted by atomic mass is 35.5. The Hall–Kier alpha value is -3.91. The third kappa shape index (κ3) is 5.41. The van der Waals surface area contributed by atoms with Gasteiger partial charge in [0.05, 0.1) is 32.7 Å².